The van der Waals surface area contributed by atoms with Gasteiger partial charge in [-0.1, -0.05) is 24.6 Å². The fourth-order valence-electron chi connectivity index (χ4n) is 2.14. The summed E-state index contributed by atoms with van der Waals surface area (Å²) < 4.78 is 2.01. The van der Waals surface area contributed by atoms with Crippen molar-refractivity contribution in [2.45, 2.75) is 44.2 Å². The molecule has 5 heteroatoms. The van der Waals surface area contributed by atoms with E-state index in [1.807, 2.05) is 23.5 Å². The number of benzene rings is 1. The standard InChI is InChI=1S/C16H24N4S/c1-4-9-20-16(18-12-19-20)10-14(17-3)11-21-15-7-5-13(2)6-8-15/h5-8,12,14,17H,4,9-11H2,1-3H3. The molecule has 0 radical (unpaired) electrons. The molecule has 0 spiro atoms. The molecule has 1 aromatic heterocycles. The zero-order chi connectivity index (χ0) is 15.1. The van der Waals surface area contributed by atoms with Gasteiger partial charge in [-0.3, -0.25) is 4.68 Å². The Kier molecular flexibility index (Phi) is 6.26. The van der Waals surface area contributed by atoms with Gasteiger partial charge >= 0.3 is 0 Å². The quantitative estimate of drug-likeness (QED) is 0.762. The van der Waals surface area contributed by atoms with Gasteiger partial charge in [0.2, 0.25) is 0 Å². The first-order valence-corrected chi connectivity index (χ1v) is 8.45. The van der Waals surface area contributed by atoms with Crippen molar-refractivity contribution in [2.75, 3.05) is 12.8 Å². The Morgan fingerprint density at radius 2 is 2.05 bits per heavy atom. The van der Waals surface area contributed by atoms with Crippen LogP contribution < -0.4 is 5.32 Å². The zero-order valence-electron chi connectivity index (χ0n) is 13.0. The highest BCUT2D eigenvalue weighted by molar-refractivity contribution is 7.99. The highest BCUT2D eigenvalue weighted by Crippen LogP contribution is 2.20. The minimum atomic E-state index is 0.399. The summed E-state index contributed by atoms with van der Waals surface area (Å²) in [6.07, 6.45) is 3.65. The topological polar surface area (TPSA) is 42.7 Å². The fourth-order valence-corrected chi connectivity index (χ4v) is 3.15. The number of aromatic nitrogens is 3. The third kappa shape index (κ3) is 4.86. The van der Waals surface area contributed by atoms with Crippen molar-refractivity contribution >= 4 is 11.8 Å². The summed E-state index contributed by atoms with van der Waals surface area (Å²) in [4.78, 5) is 5.71. The summed E-state index contributed by atoms with van der Waals surface area (Å²) in [5.41, 5.74) is 1.30. The highest BCUT2D eigenvalue weighted by atomic mass is 32.2. The molecular formula is C16H24N4S. The lowest BCUT2D eigenvalue weighted by Crippen LogP contribution is -2.31. The molecule has 1 atom stereocenters. The molecule has 1 N–H and O–H groups in total. The first-order chi connectivity index (χ1) is 10.2. The van der Waals surface area contributed by atoms with E-state index in [9.17, 15) is 0 Å². The molecule has 4 nitrogen and oxygen atoms in total. The number of hydrogen-bond acceptors (Lipinski definition) is 4. The predicted octanol–water partition coefficient (Wildman–Crippen LogP) is 2.92. The van der Waals surface area contributed by atoms with E-state index in [2.05, 4.69) is 53.5 Å². The van der Waals surface area contributed by atoms with Crippen LogP contribution in [0.25, 0.3) is 0 Å². The average Bonchev–Trinajstić information content (AvgIpc) is 2.92. The van der Waals surface area contributed by atoms with Gasteiger partial charge in [-0.25, -0.2) is 4.98 Å². The fraction of sp³-hybridized carbons (Fsp3) is 0.500. The molecule has 21 heavy (non-hydrogen) atoms. The number of nitrogens with one attached hydrogen (secondary N) is 1. The summed E-state index contributed by atoms with van der Waals surface area (Å²) in [6.45, 7) is 5.22. The second-order valence-corrected chi connectivity index (χ2v) is 6.31. The van der Waals surface area contributed by atoms with Crippen LogP contribution in [0.1, 0.15) is 24.7 Å². The maximum Gasteiger partial charge on any atom is 0.138 e. The Morgan fingerprint density at radius 3 is 2.71 bits per heavy atom. The van der Waals surface area contributed by atoms with E-state index < -0.39 is 0 Å². The SMILES string of the molecule is CCCn1ncnc1CC(CSc1ccc(C)cc1)NC. The van der Waals surface area contributed by atoms with Crippen molar-refractivity contribution in [3.05, 3.63) is 42.0 Å². The van der Waals surface area contributed by atoms with Gasteiger partial charge in [0.1, 0.15) is 12.2 Å². The Labute approximate surface area is 131 Å². The van der Waals surface area contributed by atoms with Crippen LogP contribution in [-0.2, 0) is 13.0 Å². The molecule has 2 rings (SSSR count). The molecule has 0 aliphatic heterocycles. The molecule has 1 heterocycles. The van der Waals surface area contributed by atoms with Gasteiger partial charge in [0, 0.05) is 29.7 Å². The molecule has 0 aliphatic carbocycles. The van der Waals surface area contributed by atoms with Crippen molar-refractivity contribution in [3.8, 4) is 0 Å². The van der Waals surface area contributed by atoms with Gasteiger partial charge in [0.15, 0.2) is 0 Å². The summed E-state index contributed by atoms with van der Waals surface area (Å²) in [5, 5.41) is 7.68. The Hall–Kier alpha value is -1.33. The number of rotatable bonds is 8. The molecule has 114 valence electrons. The molecule has 0 bridgehead atoms. The van der Waals surface area contributed by atoms with Crippen LogP contribution >= 0.6 is 11.8 Å². The Bertz CT molecular complexity index is 535. The Morgan fingerprint density at radius 1 is 1.29 bits per heavy atom. The molecule has 0 aliphatic rings. The van der Waals surface area contributed by atoms with Crippen molar-refractivity contribution in [2.24, 2.45) is 0 Å². The highest BCUT2D eigenvalue weighted by Gasteiger charge is 2.12. The summed E-state index contributed by atoms with van der Waals surface area (Å²) >= 11 is 1.88. The second-order valence-electron chi connectivity index (χ2n) is 5.21. The molecule has 1 unspecified atom stereocenters. The van der Waals surface area contributed by atoms with Crippen LogP contribution in [0.4, 0.5) is 0 Å². The van der Waals surface area contributed by atoms with Crippen molar-refractivity contribution in [1.29, 1.82) is 0 Å². The van der Waals surface area contributed by atoms with Gasteiger partial charge in [0.05, 0.1) is 0 Å². The minimum Gasteiger partial charge on any atom is -0.316 e. The van der Waals surface area contributed by atoms with Crippen LogP contribution in [-0.4, -0.2) is 33.6 Å². The molecule has 1 aromatic carbocycles. The van der Waals surface area contributed by atoms with E-state index in [1.165, 1.54) is 10.5 Å². The number of thioether (sulfide) groups is 1. The van der Waals surface area contributed by atoms with Crippen LogP contribution in [0.3, 0.4) is 0 Å². The van der Waals surface area contributed by atoms with E-state index in [0.717, 1.165) is 31.0 Å². The van der Waals surface area contributed by atoms with Crippen LogP contribution in [0, 0.1) is 6.92 Å². The van der Waals surface area contributed by atoms with Gasteiger partial charge in [-0.15, -0.1) is 11.8 Å². The average molecular weight is 304 g/mol. The van der Waals surface area contributed by atoms with Gasteiger partial charge in [0.25, 0.3) is 0 Å². The molecular weight excluding hydrogens is 280 g/mol. The maximum absolute atomic E-state index is 4.39. The monoisotopic (exact) mass is 304 g/mol. The van der Waals surface area contributed by atoms with Crippen molar-refractivity contribution in [1.82, 2.24) is 20.1 Å². The van der Waals surface area contributed by atoms with Crippen molar-refractivity contribution < 1.29 is 0 Å². The summed E-state index contributed by atoms with van der Waals surface area (Å²) in [5.74, 6) is 2.10. The lowest BCUT2D eigenvalue weighted by molar-refractivity contribution is 0.528. The van der Waals surface area contributed by atoms with E-state index in [-0.39, 0.29) is 0 Å². The predicted molar refractivity (Wildman–Crippen MR) is 88.8 cm³/mol. The van der Waals surface area contributed by atoms with E-state index in [4.69, 9.17) is 0 Å². The number of aryl methyl sites for hydroxylation is 2. The first-order valence-electron chi connectivity index (χ1n) is 7.46. The smallest absolute Gasteiger partial charge is 0.138 e. The number of likely N-dealkylation sites (N-methyl/N-ethyl adjacent to an activating group) is 1. The van der Waals surface area contributed by atoms with Gasteiger partial charge < -0.3 is 5.32 Å². The molecule has 0 saturated heterocycles. The lowest BCUT2D eigenvalue weighted by Gasteiger charge is -2.16. The van der Waals surface area contributed by atoms with Gasteiger partial charge in [-0.05, 0) is 32.5 Å². The van der Waals surface area contributed by atoms with E-state index in [1.54, 1.807) is 6.33 Å². The molecule has 0 fully saturated rings. The molecule has 0 amide bonds. The van der Waals surface area contributed by atoms with Crippen molar-refractivity contribution in [3.63, 3.8) is 0 Å². The van der Waals surface area contributed by atoms with Crippen LogP contribution in [0.15, 0.2) is 35.5 Å². The third-order valence-electron chi connectivity index (χ3n) is 3.44. The second kappa shape index (κ2) is 8.20. The normalized spacial score (nSPS) is 12.5. The van der Waals surface area contributed by atoms with E-state index in [0.29, 0.717) is 6.04 Å². The number of hydrogen-bond donors (Lipinski definition) is 1. The Balaban J connectivity index is 1.90. The zero-order valence-corrected chi connectivity index (χ0v) is 13.9. The van der Waals surface area contributed by atoms with Gasteiger partial charge in [-0.2, -0.15) is 5.10 Å². The van der Waals surface area contributed by atoms with Crippen LogP contribution in [0.2, 0.25) is 0 Å². The van der Waals surface area contributed by atoms with Crippen LogP contribution in [0.5, 0.6) is 0 Å². The summed E-state index contributed by atoms with van der Waals surface area (Å²) in [7, 11) is 2.01. The third-order valence-corrected chi connectivity index (χ3v) is 4.62. The lowest BCUT2D eigenvalue weighted by atomic mass is 10.2. The molecule has 2 aromatic rings. The minimum absolute atomic E-state index is 0.399. The summed E-state index contributed by atoms with van der Waals surface area (Å²) in [6, 6.07) is 9.10. The van der Waals surface area contributed by atoms with E-state index >= 15 is 0 Å². The largest absolute Gasteiger partial charge is 0.316 e. The molecule has 0 saturated carbocycles. The number of nitrogens with zero attached hydrogens (tertiary/aromatic N) is 3. The maximum atomic E-state index is 4.39. The first kappa shape index (κ1) is 16.0.